The summed E-state index contributed by atoms with van der Waals surface area (Å²) < 4.78 is 16.9. The Morgan fingerprint density at radius 1 is 1.00 bits per heavy atom. The zero-order valence-corrected chi connectivity index (χ0v) is 20.8. The van der Waals surface area contributed by atoms with Crippen LogP contribution in [0.1, 0.15) is 44.6 Å². The summed E-state index contributed by atoms with van der Waals surface area (Å²) in [6.07, 6.45) is 5.30. The number of anilines is 1. The Kier molecular flexibility index (Phi) is 8.50. The molecule has 1 unspecified atom stereocenters. The molecule has 0 bridgehead atoms. The number of esters is 1. The molecular weight excluding hydrogens is 444 g/mol. The summed E-state index contributed by atoms with van der Waals surface area (Å²) in [5.74, 6) is 0.869. The molecule has 1 saturated carbocycles. The fourth-order valence-corrected chi connectivity index (χ4v) is 5.06. The Morgan fingerprint density at radius 3 is 2.49 bits per heavy atom. The zero-order valence-electron chi connectivity index (χ0n) is 20.8. The van der Waals surface area contributed by atoms with E-state index < -0.39 is 5.97 Å². The van der Waals surface area contributed by atoms with Gasteiger partial charge in [-0.1, -0.05) is 30.3 Å². The summed E-state index contributed by atoms with van der Waals surface area (Å²) in [7, 11) is 1.67. The largest absolute Gasteiger partial charge is 0.493 e. The van der Waals surface area contributed by atoms with Crippen LogP contribution in [0.2, 0.25) is 0 Å². The molecule has 2 aliphatic rings. The number of methoxy groups -OCH3 is 1. The van der Waals surface area contributed by atoms with E-state index in [1.165, 1.54) is 12.8 Å². The molecule has 188 valence electrons. The molecule has 1 atom stereocenters. The van der Waals surface area contributed by atoms with Crippen LogP contribution < -0.4 is 14.4 Å². The zero-order chi connectivity index (χ0) is 24.6. The van der Waals surface area contributed by atoms with Crippen LogP contribution in [0.4, 0.5) is 5.69 Å². The number of piperazine rings is 1. The van der Waals surface area contributed by atoms with Crippen LogP contribution in [0.5, 0.6) is 11.5 Å². The van der Waals surface area contributed by atoms with E-state index in [2.05, 4.69) is 29.2 Å². The number of carbonyl (C=O) groups excluding carboxylic acids is 2. The molecule has 0 radical (unpaired) electrons. The number of rotatable bonds is 9. The number of nitrogens with zero attached hydrogens (tertiary/aromatic N) is 2. The molecule has 35 heavy (non-hydrogen) atoms. The van der Waals surface area contributed by atoms with Crippen molar-refractivity contribution in [3.8, 4) is 11.5 Å². The van der Waals surface area contributed by atoms with E-state index in [-0.39, 0.29) is 31.1 Å². The molecule has 0 N–H and O–H groups in total. The maximum absolute atomic E-state index is 13.0. The van der Waals surface area contributed by atoms with Crippen molar-refractivity contribution in [3.05, 3.63) is 54.1 Å². The number of carbonyl (C=O) groups is 2. The van der Waals surface area contributed by atoms with E-state index in [4.69, 9.17) is 14.2 Å². The highest BCUT2D eigenvalue weighted by molar-refractivity contribution is 5.94. The first kappa shape index (κ1) is 24.9. The van der Waals surface area contributed by atoms with Gasteiger partial charge in [-0.05, 0) is 56.7 Å². The van der Waals surface area contributed by atoms with E-state index in [9.17, 15) is 9.59 Å². The average molecular weight is 481 g/mol. The van der Waals surface area contributed by atoms with E-state index in [1.807, 2.05) is 29.2 Å². The minimum Gasteiger partial charge on any atom is -0.493 e. The molecule has 1 saturated heterocycles. The van der Waals surface area contributed by atoms with Crippen LogP contribution in [-0.4, -0.2) is 62.3 Å². The van der Waals surface area contributed by atoms with Crippen LogP contribution in [0, 0.1) is 0 Å². The van der Waals surface area contributed by atoms with Crippen LogP contribution in [-0.2, 0) is 20.7 Å². The van der Waals surface area contributed by atoms with Crippen molar-refractivity contribution < 1.29 is 23.8 Å². The molecule has 0 spiro atoms. The maximum atomic E-state index is 13.0. The topological polar surface area (TPSA) is 68.3 Å². The Hall–Kier alpha value is -3.22. The van der Waals surface area contributed by atoms with Gasteiger partial charge in [0.05, 0.1) is 25.9 Å². The fraction of sp³-hybridized carbons (Fsp3) is 0.500. The quantitative estimate of drug-likeness (QED) is 0.395. The van der Waals surface area contributed by atoms with E-state index >= 15 is 0 Å². The first-order chi connectivity index (χ1) is 17.1. The standard InChI is InChI=1S/C28H36N2O5/c1-3-34-28(32)19-27(31)30-16-15-29(20-23(30)17-21-9-5-4-6-10-21)22-13-14-25(33-2)26(18-22)35-24-11-7-8-12-24/h4-6,9-10,13-14,18,23-24H,3,7-8,11-12,15-17,19-20H2,1-2H3. The highest BCUT2D eigenvalue weighted by Gasteiger charge is 2.32. The lowest BCUT2D eigenvalue weighted by molar-refractivity contribution is -0.149. The SMILES string of the molecule is CCOC(=O)CC(=O)N1CCN(c2ccc(OC)c(OC3CCCC3)c2)CC1Cc1ccccc1. The van der Waals surface area contributed by atoms with Crippen molar-refractivity contribution in [2.45, 2.75) is 57.6 Å². The van der Waals surface area contributed by atoms with E-state index in [1.54, 1.807) is 14.0 Å². The third kappa shape index (κ3) is 6.47. The van der Waals surface area contributed by atoms with Crippen molar-refractivity contribution in [3.63, 3.8) is 0 Å². The van der Waals surface area contributed by atoms with Gasteiger partial charge in [-0.25, -0.2) is 0 Å². The predicted octanol–water partition coefficient (Wildman–Crippen LogP) is 4.23. The molecule has 7 nitrogen and oxygen atoms in total. The van der Waals surface area contributed by atoms with Gasteiger partial charge in [0.25, 0.3) is 0 Å². The van der Waals surface area contributed by atoms with Crippen molar-refractivity contribution in [2.75, 3.05) is 38.3 Å². The lowest BCUT2D eigenvalue weighted by Gasteiger charge is -2.42. The highest BCUT2D eigenvalue weighted by atomic mass is 16.5. The highest BCUT2D eigenvalue weighted by Crippen LogP contribution is 2.36. The number of benzene rings is 2. The van der Waals surface area contributed by atoms with Crippen molar-refractivity contribution in [2.24, 2.45) is 0 Å². The normalized spacial score (nSPS) is 18.4. The molecule has 0 aromatic heterocycles. The van der Waals surface area contributed by atoms with Gasteiger partial charge >= 0.3 is 5.97 Å². The molecule has 2 aromatic rings. The van der Waals surface area contributed by atoms with Gasteiger partial charge in [-0.15, -0.1) is 0 Å². The van der Waals surface area contributed by atoms with Crippen LogP contribution in [0.3, 0.4) is 0 Å². The lowest BCUT2D eigenvalue weighted by atomic mass is 10.0. The molecule has 1 aliphatic carbocycles. The van der Waals surface area contributed by atoms with E-state index in [0.29, 0.717) is 26.1 Å². The minimum absolute atomic E-state index is 0.0608. The van der Waals surface area contributed by atoms with Gasteiger partial charge in [-0.3, -0.25) is 9.59 Å². The number of amides is 1. The van der Waals surface area contributed by atoms with Gasteiger partial charge in [0.2, 0.25) is 5.91 Å². The second kappa shape index (κ2) is 12.0. The molecule has 2 fully saturated rings. The number of hydrogen-bond donors (Lipinski definition) is 0. The monoisotopic (exact) mass is 480 g/mol. The van der Waals surface area contributed by atoms with Gasteiger partial charge in [0.1, 0.15) is 6.42 Å². The van der Waals surface area contributed by atoms with Crippen LogP contribution in [0.25, 0.3) is 0 Å². The Morgan fingerprint density at radius 2 is 1.77 bits per heavy atom. The maximum Gasteiger partial charge on any atom is 0.315 e. The van der Waals surface area contributed by atoms with E-state index in [0.717, 1.165) is 35.6 Å². The summed E-state index contributed by atoms with van der Waals surface area (Å²) >= 11 is 0. The lowest BCUT2D eigenvalue weighted by Crippen LogP contribution is -2.56. The van der Waals surface area contributed by atoms with Crippen LogP contribution >= 0.6 is 0 Å². The van der Waals surface area contributed by atoms with Crippen molar-refractivity contribution in [1.82, 2.24) is 4.90 Å². The first-order valence-electron chi connectivity index (χ1n) is 12.7. The minimum atomic E-state index is -0.470. The number of ether oxygens (including phenoxy) is 3. The fourth-order valence-electron chi connectivity index (χ4n) is 5.06. The molecule has 4 rings (SSSR count). The Labute approximate surface area is 207 Å². The van der Waals surface area contributed by atoms with Crippen molar-refractivity contribution >= 4 is 17.6 Å². The van der Waals surface area contributed by atoms with Crippen LogP contribution in [0.15, 0.2) is 48.5 Å². The second-order valence-electron chi connectivity index (χ2n) is 9.22. The Bertz CT molecular complexity index is 990. The molecule has 2 aromatic carbocycles. The summed E-state index contributed by atoms with van der Waals surface area (Å²) in [5.41, 5.74) is 2.21. The molecule has 7 heteroatoms. The molecular formula is C28H36N2O5. The number of hydrogen-bond acceptors (Lipinski definition) is 6. The third-order valence-corrected chi connectivity index (χ3v) is 6.83. The van der Waals surface area contributed by atoms with Gasteiger partial charge in [-0.2, -0.15) is 0 Å². The summed E-state index contributed by atoms with van der Waals surface area (Å²) in [5, 5.41) is 0. The summed E-state index contributed by atoms with van der Waals surface area (Å²) in [4.78, 5) is 29.2. The first-order valence-corrected chi connectivity index (χ1v) is 12.7. The van der Waals surface area contributed by atoms with Gasteiger partial charge in [0.15, 0.2) is 11.5 Å². The molecule has 1 amide bonds. The van der Waals surface area contributed by atoms with Gasteiger partial charge in [0, 0.05) is 31.4 Å². The second-order valence-corrected chi connectivity index (χ2v) is 9.22. The third-order valence-electron chi connectivity index (χ3n) is 6.83. The average Bonchev–Trinajstić information content (AvgIpc) is 3.38. The predicted molar refractivity (Wildman–Crippen MR) is 135 cm³/mol. The Balaban J connectivity index is 1.52. The summed E-state index contributed by atoms with van der Waals surface area (Å²) in [6, 6.07) is 16.2. The molecule has 1 aliphatic heterocycles. The smallest absolute Gasteiger partial charge is 0.315 e. The summed E-state index contributed by atoms with van der Waals surface area (Å²) in [6.45, 7) is 3.91. The van der Waals surface area contributed by atoms with Gasteiger partial charge < -0.3 is 24.0 Å². The van der Waals surface area contributed by atoms with Crippen molar-refractivity contribution in [1.29, 1.82) is 0 Å². The molecule has 1 heterocycles.